The summed E-state index contributed by atoms with van der Waals surface area (Å²) in [7, 11) is 0. The summed E-state index contributed by atoms with van der Waals surface area (Å²) in [5.41, 5.74) is 5.58. The number of aryl methyl sites for hydroxylation is 4. The summed E-state index contributed by atoms with van der Waals surface area (Å²) in [5, 5.41) is 6.25. The number of hydrogen-bond donors (Lipinski definition) is 2. The van der Waals surface area contributed by atoms with E-state index < -0.39 is 0 Å². The van der Waals surface area contributed by atoms with Gasteiger partial charge in [-0.15, -0.1) is 0 Å². The minimum Gasteiger partial charge on any atom is -0.366 e. The molecule has 0 saturated carbocycles. The zero-order valence-electron chi connectivity index (χ0n) is 16.1. The standard InChI is InChI=1S/C22H24N4O/c1-14-7-5-10-18(11-14)13-23-20-12-19(24-17(4)25-20)22(27)26-21-15(2)8-6-9-16(21)3/h5-12H,13H2,1-4H3,(H,26,27)(H,23,24,25). The summed E-state index contributed by atoms with van der Waals surface area (Å²) in [6.45, 7) is 8.43. The van der Waals surface area contributed by atoms with Crippen LogP contribution in [0.3, 0.4) is 0 Å². The molecule has 1 amide bonds. The average Bonchev–Trinajstić information content (AvgIpc) is 2.63. The number of para-hydroxylation sites is 1. The van der Waals surface area contributed by atoms with Gasteiger partial charge in [0, 0.05) is 18.3 Å². The summed E-state index contributed by atoms with van der Waals surface area (Å²) < 4.78 is 0. The third-order valence-electron chi connectivity index (χ3n) is 4.35. The number of anilines is 2. The van der Waals surface area contributed by atoms with Crippen molar-refractivity contribution in [2.45, 2.75) is 34.2 Å². The zero-order chi connectivity index (χ0) is 19.4. The number of rotatable bonds is 5. The van der Waals surface area contributed by atoms with Crippen LogP contribution >= 0.6 is 0 Å². The Hall–Kier alpha value is -3.21. The maximum Gasteiger partial charge on any atom is 0.274 e. The minimum absolute atomic E-state index is 0.239. The van der Waals surface area contributed by atoms with Crippen LogP contribution in [0.4, 0.5) is 11.5 Å². The minimum atomic E-state index is -0.239. The predicted octanol–water partition coefficient (Wildman–Crippen LogP) is 4.57. The first-order valence-corrected chi connectivity index (χ1v) is 8.95. The predicted molar refractivity (Wildman–Crippen MR) is 109 cm³/mol. The van der Waals surface area contributed by atoms with Crippen LogP contribution in [0.25, 0.3) is 0 Å². The number of benzene rings is 2. The van der Waals surface area contributed by atoms with E-state index in [1.165, 1.54) is 5.56 Å². The molecular weight excluding hydrogens is 336 g/mol. The van der Waals surface area contributed by atoms with Crippen LogP contribution in [0.15, 0.2) is 48.5 Å². The molecule has 0 saturated heterocycles. The molecule has 0 bridgehead atoms. The molecule has 3 rings (SSSR count). The van der Waals surface area contributed by atoms with Crippen LogP contribution in [-0.2, 0) is 6.54 Å². The molecule has 0 unspecified atom stereocenters. The van der Waals surface area contributed by atoms with Crippen molar-refractivity contribution in [1.82, 2.24) is 9.97 Å². The third kappa shape index (κ3) is 4.70. The van der Waals surface area contributed by atoms with E-state index in [1.54, 1.807) is 13.0 Å². The van der Waals surface area contributed by atoms with Crippen molar-refractivity contribution in [2.24, 2.45) is 0 Å². The van der Waals surface area contributed by atoms with Crippen molar-refractivity contribution >= 4 is 17.4 Å². The Balaban J connectivity index is 1.77. The van der Waals surface area contributed by atoms with Crippen molar-refractivity contribution in [3.63, 3.8) is 0 Å². The second kappa shape index (κ2) is 7.99. The Labute approximate surface area is 159 Å². The smallest absolute Gasteiger partial charge is 0.274 e. The molecule has 2 N–H and O–H groups in total. The van der Waals surface area contributed by atoms with E-state index >= 15 is 0 Å². The number of nitrogens with one attached hydrogen (secondary N) is 2. The van der Waals surface area contributed by atoms with Gasteiger partial charge in [0.2, 0.25) is 0 Å². The van der Waals surface area contributed by atoms with Gasteiger partial charge >= 0.3 is 0 Å². The molecule has 0 spiro atoms. The monoisotopic (exact) mass is 360 g/mol. The largest absolute Gasteiger partial charge is 0.366 e. The van der Waals surface area contributed by atoms with Crippen molar-refractivity contribution in [3.05, 3.63) is 82.3 Å². The molecule has 0 aliphatic rings. The van der Waals surface area contributed by atoms with Crippen LogP contribution in [0.5, 0.6) is 0 Å². The van der Waals surface area contributed by atoms with Crippen molar-refractivity contribution < 1.29 is 4.79 Å². The van der Waals surface area contributed by atoms with Gasteiger partial charge in [0.25, 0.3) is 5.91 Å². The Morgan fingerprint density at radius 2 is 1.63 bits per heavy atom. The second-order valence-corrected chi connectivity index (χ2v) is 6.75. The Kier molecular flexibility index (Phi) is 5.50. The van der Waals surface area contributed by atoms with Gasteiger partial charge in [-0.1, -0.05) is 48.0 Å². The number of carbonyl (C=O) groups excluding carboxylic acids is 1. The Bertz CT molecular complexity index is 962. The van der Waals surface area contributed by atoms with Crippen LogP contribution in [0, 0.1) is 27.7 Å². The first kappa shape index (κ1) is 18.6. The van der Waals surface area contributed by atoms with E-state index in [4.69, 9.17) is 0 Å². The lowest BCUT2D eigenvalue weighted by atomic mass is 10.1. The Morgan fingerprint density at radius 3 is 2.33 bits per heavy atom. The lowest BCUT2D eigenvalue weighted by Crippen LogP contribution is -2.17. The first-order valence-electron chi connectivity index (χ1n) is 8.95. The Morgan fingerprint density at radius 1 is 0.926 bits per heavy atom. The van der Waals surface area contributed by atoms with E-state index in [1.807, 2.05) is 38.1 Å². The molecule has 5 nitrogen and oxygen atoms in total. The topological polar surface area (TPSA) is 66.9 Å². The van der Waals surface area contributed by atoms with Crippen molar-refractivity contribution in [1.29, 1.82) is 0 Å². The van der Waals surface area contributed by atoms with Gasteiger partial charge < -0.3 is 10.6 Å². The molecule has 138 valence electrons. The highest BCUT2D eigenvalue weighted by molar-refractivity contribution is 6.04. The maximum atomic E-state index is 12.7. The molecule has 2 aromatic carbocycles. The summed E-state index contributed by atoms with van der Waals surface area (Å²) in [6.07, 6.45) is 0. The summed E-state index contributed by atoms with van der Waals surface area (Å²) in [6, 6.07) is 15.9. The van der Waals surface area contributed by atoms with Gasteiger partial charge in [-0.05, 0) is 44.4 Å². The van der Waals surface area contributed by atoms with Gasteiger partial charge in [-0.25, -0.2) is 9.97 Å². The van der Waals surface area contributed by atoms with Crippen molar-refractivity contribution in [2.75, 3.05) is 10.6 Å². The average molecular weight is 360 g/mol. The van der Waals surface area contributed by atoms with Crippen LogP contribution in [-0.4, -0.2) is 15.9 Å². The summed E-state index contributed by atoms with van der Waals surface area (Å²) >= 11 is 0. The zero-order valence-corrected chi connectivity index (χ0v) is 16.1. The molecule has 0 atom stereocenters. The molecular formula is C22H24N4O. The van der Waals surface area contributed by atoms with E-state index in [-0.39, 0.29) is 5.91 Å². The fourth-order valence-corrected chi connectivity index (χ4v) is 2.98. The second-order valence-electron chi connectivity index (χ2n) is 6.75. The van der Waals surface area contributed by atoms with Gasteiger partial charge in [0.1, 0.15) is 17.3 Å². The number of carbonyl (C=O) groups is 1. The quantitative estimate of drug-likeness (QED) is 0.699. The van der Waals surface area contributed by atoms with Gasteiger partial charge in [0.05, 0.1) is 0 Å². The molecule has 27 heavy (non-hydrogen) atoms. The third-order valence-corrected chi connectivity index (χ3v) is 4.35. The highest BCUT2D eigenvalue weighted by atomic mass is 16.1. The maximum absolute atomic E-state index is 12.7. The molecule has 0 radical (unpaired) electrons. The van der Waals surface area contributed by atoms with Crippen LogP contribution in [0.1, 0.15) is 38.6 Å². The number of hydrogen-bond acceptors (Lipinski definition) is 4. The summed E-state index contributed by atoms with van der Waals surface area (Å²) in [4.78, 5) is 21.4. The molecule has 0 aliphatic carbocycles. The number of amides is 1. The fraction of sp³-hybridized carbons (Fsp3) is 0.227. The van der Waals surface area contributed by atoms with Crippen LogP contribution < -0.4 is 10.6 Å². The van der Waals surface area contributed by atoms with E-state index in [0.29, 0.717) is 23.9 Å². The van der Waals surface area contributed by atoms with E-state index in [2.05, 4.69) is 45.7 Å². The molecule has 0 aliphatic heterocycles. The molecule has 1 heterocycles. The highest BCUT2D eigenvalue weighted by Gasteiger charge is 2.13. The molecule has 1 aromatic heterocycles. The molecule has 0 fully saturated rings. The van der Waals surface area contributed by atoms with Gasteiger partial charge in [0.15, 0.2) is 0 Å². The highest BCUT2D eigenvalue weighted by Crippen LogP contribution is 2.20. The lowest BCUT2D eigenvalue weighted by molar-refractivity contribution is 0.102. The molecule has 3 aromatic rings. The normalized spacial score (nSPS) is 10.5. The van der Waals surface area contributed by atoms with E-state index in [0.717, 1.165) is 22.4 Å². The summed E-state index contributed by atoms with van der Waals surface area (Å²) in [5.74, 6) is 0.947. The van der Waals surface area contributed by atoms with Gasteiger partial charge in [-0.3, -0.25) is 4.79 Å². The van der Waals surface area contributed by atoms with Gasteiger partial charge in [-0.2, -0.15) is 0 Å². The van der Waals surface area contributed by atoms with Crippen molar-refractivity contribution in [3.8, 4) is 0 Å². The molecule has 5 heteroatoms. The van der Waals surface area contributed by atoms with E-state index in [9.17, 15) is 4.79 Å². The SMILES string of the molecule is Cc1cccc(CNc2cc(C(=O)Nc3c(C)cccc3C)nc(C)n2)c1. The fourth-order valence-electron chi connectivity index (χ4n) is 2.98. The number of nitrogens with zero attached hydrogens (tertiary/aromatic N) is 2. The number of aromatic nitrogens is 2. The van der Waals surface area contributed by atoms with Crippen LogP contribution in [0.2, 0.25) is 0 Å². The lowest BCUT2D eigenvalue weighted by Gasteiger charge is -2.12. The first-order chi connectivity index (χ1) is 12.9.